The summed E-state index contributed by atoms with van der Waals surface area (Å²) in [7, 11) is 0. The van der Waals surface area contributed by atoms with Crippen LogP contribution in [0.1, 0.15) is 12.5 Å². The first-order valence-electron chi connectivity index (χ1n) is 12.9. The van der Waals surface area contributed by atoms with E-state index in [9.17, 15) is 18.7 Å². The number of rotatable bonds is 7. The monoisotopic (exact) mass is 575 g/mol. The summed E-state index contributed by atoms with van der Waals surface area (Å²) in [5, 5.41) is 11.0. The quantitative estimate of drug-likeness (QED) is 0.411. The second kappa shape index (κ2) is 10.8. The fourth-order valence-electron chi connectivity index (χ4n) is 5.30. The van der Waals surface area contributed by atoms with Crippen molar-refractivity contribution < 1.29 is 27.8 Å². The third-order valence-corrected chi connectivity index (χ3v) is 7.57. The topological polar surface area (TPSA) is 82.0 Å². The molecule has 0 aliphatic carbocycles. The lowest BCUT2D eigenvalue weighted by Crippen LogP contribution is -2.57. The number of carbonyl (C=O) groups is 1. The molecular formula is C28H29ClF3N5O3. The fraction of sp³-hybridized carbons (Fsp3) is 0.393. The fourth-order valence-corrected chi connectivity index (χ4v) is 5.59. The third kappa shape index (κ3) is 5.27. The minimum atomic E-state index is -2.70. The predicted molar refractivity (Wildman–Crippen MR) is 147 cm³/mol. The number of halogens is 4. The Morgan fingerprint density at radius 3 is 2.67 bits per heavy atom. The van der Waals surface area contributed by atoms with Gasteiger partial charge in [0.2, 0.25) is 5.91 Å². The number of likely N-dealkylation sites (tertiary alicyclic amines) is 1. The maximum absolute atomic E-state index is 16.3. The molecule has 12 heteroatoms. The number of phenolic OH excluding ortho intramolecular Hbond substituents is 1. The number of amides is 1. The average molecular weight is 576 g/mol. The van der Waals surface area contributed by atoms with Gasteiger partial charge in [-0.2, -0.15) is 9.97 Å². The molecule has 1 atom stereocenters. The molecule has 0 saturated carbocycles. The van der Waals surface area contributed by atoms with Gasteiger partial charge in [-0.25, -0.2) is 13.2 Å². The zero-order chi connectivity index (χ0) is 28.8. The lowest BCUT2D eigenvalue weighted by molar-refractivity contribution is -0.132. The first-order valence-corrected chi connectivity index (χ1v) is 13.3. The van der Waals surface area contributed by atoms with Crippen LogP contribution in [0.2, 0.25) is 5.02 Å². The van der Waals surface area contributed by atoms with E-state index in [0.717, 1.165) is 0 Å². The van der Waals surface area contributed by atoms with Gasteiger partial charge in [-0.05, 0) is 37.6 Å². The van der Waals surface area contributed by atoms with Gasteiger partial charge in [0.05, 0.1) is 18.1 Å². The number of benzene rings is 2. The molecule has 2 fully saturated rings. The number of nitrogens with zero attached hydrogens (tertiary/aromatic N) is 5. The highest BCUT2D eigenvalue weighted by Gasteiger charge is 2.43. The van der Waals surface area contributed by atoms with Gasteiger partial charge in [-0.3, -0.25) is 9.69 Å². The molecule has 0 radical (unpaired) electrons. The van der Waals surface area contributed by atoms with Crippen LogP contribution in [-0.2, 0) is 4.79 Å². The molecule has 2 saturated heterocycles. The van der Waals surface area contributed by atoms with Crippen LogP contribution in [0.4, 0.5) is 19.0 Å². The minimum Gasteiger partial charge on any atom is -0.507 e. The van der Waals surface area contributed by atoms with E-state index in [1.807, 2.05) is 11.8 Å². The Kier molecular flexibility index (Phi) is 7.54. The second-order valence-electron chi connectivity index (χ2n) is 10.2. The number of piperazine rings is 1. The Bertz CT molecular complexity index is 1460. The molecule has 0 spiro atoms. The Morgan fingerprint density at radius 2 is 2.02 bits per heavy atom. The van der Waals surface area contributed by atoms with Gasteiger partial charge >= 0.3 is 6.01 Å². The van der Waals surface area contributed by atoms with Gasteiger partial charge in [0.25, 0.3) is 5.92 Å². The number of ether oxygens (including phenoxy) is 1. The number of aromatic hydroxyl groups is 1. The molecule has 5 rings (SSSR count). The van der Waals surface area contributed by atoms with Crippen molar-refractivity contribution in [3.63, 3.8) is 0 Å². The number of hydrogen-bond donors (Lipinski definition) is 1. The number of hydrogen-bond acceptors (Lipinski definition) is 7. The molecule has 1 N–H and O–H groups in total. The van der Waals surface area contributed by atoms with Crippen molar-refractivity contribution >= 4 is 34.2 Å². The number of anilines is 1. The van der Waals surface area contributed by atoms with Gasteiger partial charge < -0.3 is 19.6 Å². The Labute approximate surface area is 234 Å². The number of alkyl halides is 2. The standard InChI is InChI=1S/C28H29ClF3N5O3/c1-4-21(39)37-9-8-36(13-17(37)3)26-18-12-19(29)23(22-16(2)6-5-7-20(22)38)24(30)25(18)33-27(34-26)40-11-10-35-14-28(31,32)15-35/h4-7,12,17,38H,1,8-11,13-15H2,2-3H3/t17-/m1/s1. The summed E-state index contributed by atoms with van der Waals surface area (Å²) in [6.07, 6.45) is 1.27. The van der Waals surface area contributed by atoms with Crippen LogP contribution in [0.15, 0.2) is 36.9 Å². The summed E-state index contributed by atoms with van der Waals surface area (Å²) >= 11 is 6.63. The van der Waals surface area contributed by atoms with Gasteiger partial charge in [-0.15, -0.1) is 0 Å². The molecule has 40 heavy (non-hydrogen) atoms. The molecule has 3 heterocycles. The Balaban J connectivity index is 1.55. The highest BCUT2D eigenvalue weighted by Crippen LogP contribution is 2.43. The summed E-state index contributed by atoms with van der Waals surface area (Å²) in [5.74, 6) is -3.39. The smallest absolute Gasteiger partial charge is 0.319 e. The van der Waals surface area contributed by atoms with E-state index in [0.29, 0.717) is 36.4 Å². The third-order valence-electron chi connectivity index (χ3n) is 7.28. The SMILES string of the molecule is C=CC(=O)N1CCN(c2nc(OCCN3CC(F)(F)C3)nc3c(F)c(-c4c(C)cccc4O)c(Cl)cc23)C[C@H]1C. The van der Waals surface area contributed by atoms with Crippen LogP contribution < -0.4 is 9.64 Å². The van der Waals surface area contributed by atoms with Gasteiger partial charge in [0, 0.05) is 48.7 Å². The molecule has 1 aromatic heterocycles. The van der Waals surface area contributed by atoms with Crippen LogP contribution in [-0.4, -0.2) is 88.6 Å². The molecule has 3 aromatic rings. The minimum absolute atomic E-state index is 0.00190. The van der Waals surface area contributed by atoms with E-state index >= 15 is 4.39 Å². The molecule has 1 amide bonds. The van der Waals surface area contributed by atoms with Crippen molar-refractivity contribution in [3.8, 4) is 22.9 Å². The van der Waals surface area contributed by atoms with E-state index in [-0.39, 0.29) is 71.6 Å². The molecule has 0 bridgehead atoms. The summed E-state index contributed by atoms with van der Waals surface area (Å²) in [5.41, 5.74) is 0.806. The molecule has 2 aliphatic rings. The van der Waals surface area contributed by atoms with E-state index in [1.165, 1.54) is 12.1 Å². The molecule has 8 nitrogen and oxygen atoms in total. The van der Waals surface area contributed by atoms with E-state index < -0.39 is 11.7 Å². The largest absolute Gasteiger partial charge is 0.507 e. The average Bonchev–Trinajstić information content (AvgIpc) is 2.88. The summed E-state index contributed by atoms with van der Waals surface area (Å²) < 4.78 is 48.4. The van der Waals surface area contributed by atoms with Crippen molar-refractivity contribution in [2.75, 3.05) is 50.8 Å². The lowest BCUT2D eigenvalue weighted by Gasteiger charge is -2.40. The van der Waals surface area contributed by atoms with E-state index in [1.54, 1.807) is 34.9 Å². The maximum atomic E-state index is 16.3. The first kappa shape index (κ1) is 28.0. The molecule has 212 valence electrons. The molecule has 2 aliphatic heterocycles. The van der Waals surface area contributed by atoms with Crippen molar-refractivity contribution in [3.05, 3.63) is 53.3 Å². The highest BCUT2D eigenvalue weighted by atomic mass is 35.5. The number of fused-ring (bicyclic) bond motifs is 1. The summed E-state index contributed by atoms with van der Waals surface area (Å²) in [4.78, 5) is 26.3. The molecular weight excluding hydrogens is 547 g/mol. The Morgan fingerprint density at radius 1 is 1.27 bits per heavy atom. The van der Waals surface area contributed by atoms with Gasteiger partial charge in [0.1, 0.15) is 23.7 Å². The van der Waals surface area contributed by atoms with Crippen molar-refractivity contribution in [1.29, 1.82) is 0 Å². The molecule has 2 aromatic carbocycles. The lowest BCUT2D eigenvalue weighted by atomic mass is 9.97. The number of aryl methyl sites for hydroxylation is 1. The van der Waals surface area contributed by atoms with Crippen LogP contribution in [0, 0.1) is 12.7 Å². The summed E-state index contributed by atoms with van der Waals surface area (Å²) in [6, 6.07) is 6.10. The van der Waals surface area contributed by atoms with Gasteiger partial charge in [-0.1, -0.05) is 30.3 Å². The maximum Gasteiger partial charge on any atom is 0.319 e. The predicted octanol–water partition coefficient (Wildman–Crippen LogP) is 4.66. The van der Waals surface area contributed by atoms with Crippen LogP contribution in [0.5, 0.6) is 11.8 Å². The first-order chi connectivity index (χ1) is 19.0. The van der Waals surface area contributed by atoms with Crippen molar-refractivity contribution in [2.45, 2.75) is 25.8 Å². The second-order valence-corrected chi connectivity index (χ2v) is 10.6. The molecule has 0 unspecified atom stereocenters. The zero-order valence-corrected chi connectivity index (χ0v) is 22.9. The highest BCUT2D eigenvalue weighted by molar-refractivity contribution is 6.34. The number of aromatic nitrogens is 2. The van der Waals surface area contributed by atoms with Crippen molar-refractivity contribution in [1.82, 2.24) is 19.8 Å². The normalized spacial score (nSPS) is 19.0. The Hall–Kier alpha value is -3.57. The zero-order valence-electron chi connectivity index (χ0n) is 22.1. The number of carbonyl (C=O) groups excluding carboxylic acids is 1. The van der Waals surface area contributed by atoms with Crippen molar-refractivity contribution in [2.24, 2.45) is 0 Å². The van der Waals surface area contributed by atoms with Gasteiger partial charge in [0.15, 0.2) is 5.82 Å². The van der Waals surface area contributed by atoms with E-state index in [4.69, 9.17) is 16.3 Å². The van der Waals surface area contributed by atoms with Crippen LogP contribution >= 0.6 is 11.6 Å². The van der Waals surface area contributed by atoms with Crippen LogP contribution in [0.25, 0.3) is 22.0 Å². The number of phenols is 1. The summed E-state index contributed by atoms with van der Waals surface area (Å²) in [6.45, 7) is 7.95. The van der Waals surface area contributed by atoms with E-state index in [2.05, 4.69) is 16.5 Å². The van der Waals surface area contributed by atoms with Crippen LogP contribution in [0.3, 0.4) is 0 Å².